The second-order valence-electron chi connectivity index (χ2n) is 10.3. The van der Waals surface area contributed by atoms with Crippen LogP contribution in [-0.4, -0.2) is 22.6 Å². The van der Waals surface area contributed by atoms with Crippen molar-refractivity contribution in [1.29, 1.82) is 0 Å². The molecule has 0 spiro atoms. The number of ether oxygens (including phenoxy) is 1. The van der Waals surface area contributed by atoms with Gasteiger partial charge in [-0.1, -0.05) is 13.8 Å². The van der Waals surface area contributed by atoms with Crippen LogP contribution in [0.2, 0.25) is 0 Å². The Hall–Kier alpha value is -1.06. The van der Waals surface area contributed by atoms with Crippen LogP contribution >= 0.6 is 0 Å². The van der Waals surface area contributed by atoms with Gasteiger partial charge in [0, 0.05) is 0 Å². The third kappa shape index (κ3) is 3.07. The molecule has 26 heavy (non-hydrogen) atoms. The van der Waals surface area contributed by atoms with Crippen molar-refractivity contribution in [2.75, 3.05) is 0 Å². The van der Waals surface area contributed by atoms with Crippen LogP contribution in [0.15, 0.2) is 0 Å². The maximum Gasteiger partial charge on any atom is 0.312 e. The largest absolute Gasteiger partial charge is 0.481 e. The molecular weight excluding hydrogens is 328 g/mol. The van der Waals surface area contributed by atoms with Crippen molar-refractivity contribution in [3.8, 4) is 0 Å². The Bertz CT molecular complexity index is 551. The number of carbonyl (C=O) groups excluding carboxylic acids is 1. The Balaban J connectivity index is 1.78. The molecule has 148 valence electrons. The third-order valence-corrected chi connectivity index (χ3v) is 8.04. The van der Waals surface area contributed by atoms with Gasteiger partial charge < -0.3 is 9.84 Å². The van der Waals surface area contributed by atoms with Gasteiger partial charge in [-0.05, 0) is 95.8 Å². The van der Waals surface area contributed by atoms with Crippen LogP contribution in [0, 0.1) is 34.5 Å². The molecule has 1 N–H and O–H groups in total. The first-order chi connectivity index (χ1) is 12.1. The number of hydrogen-bond donors (Lipinski definition) is 1. The molecular formula is C22H36O4. The van der Waals surface area contributed by atoms with E-state index in [1.807, 2.05) is 20.8 Å². The molecule has 0 aromatic carbocycles. The van der Waals surface area contributed by atoms with E-state index >= 15 is 0 Å². The highest BCUT2D eigenvalue weighted by atomic mass is 16.6. The van der Waals surface area contributed by atoms with Crippen molar-refractivity contribution in [2.45, 2.75) is 91.6 Å². The molecule has 0 amide bonds. The highest BCUT2D eigenvalue weighted by molar-refractivity contribution is 5.79. The van der Waals surface area contributed by atoms with Crippen molar-refractivity contribution >= 4 is 11.9 Å². The Kier molecular flexibility index (Phi) is 4.94. The standard InChI is InChI=1S/C22H36O4/c1-6-21(5,18(23)24)13-20(3,4)19(25)26-22(7-2)16-9-14-8-15(11-16)12-17(22)10-14/h14-17H,6-13H2,1-5H3,(H,23,24). The molecule has 4 rings (SSSR count). The number of carboxylic acid groups (broad SMARTS) is 1. The van der Waals surface area contributed by atoms with Crippen LogP contribution in [-0.2, 0) is 14.3 Å². The zero-order valence-corrected chi connectivity index (χ0v) is 17.1. The number of carbonyl (C=O) groups is 2. The van der Waals surface area contributed by atoms with E-state index in [4.69, 9.17) is 4.74 Å². The van der Waals surface area contributed by atoms with Crippen LogP contribution in [0.25, 0.3) is 0 Å². The Morgan fingerprint density at radius 3 is 1.88 bits per heavy atom. The van der Waals surface area contributed by atoms with Crippen LogP contribution < -0.4 is 0 Å². The summed E-state index contributed by atoms with van der Waals surface area (Å²) in [6, 6.07) is 0. The molecule has 0 saturated heterocycles. The summed E-state index contributed by atoms with van der Waals surface area (Å²) in [6.45, 7) is 9.48. The maximum atomic E-state index is 13.2. The molecule has 4 bridgehead atoms. The molecule has 0 aromatic heterocycles. The number of carboxylic acids is 1. The maximum absolute atomic E-state index is 13.2. The van der Waals surface area contributed by atoms with Crippen LogP contribution in [0.4, 0.5) is 0 Å². The fourth-order valence-electron chi connectivity index (χ4n) is 6.51. The van der Waals surface area contributed by atoms with Gasteiger partial charge in [0.05, 0.1) is 10.8 Å². The van der Waals surface area contributed by atoms with E-state index in [9.17, 15) is 14.7 Å². The lowest BCUT2D eigenvalue weighted by molar-refractivity contribution is -0.219. The summed E-state index contributed by atoms with van der Waals surface area (Å²) in [5.74, 6) is 1.63. The van der Waals surface area contributed by atoms with Crippen LogP contribution in [0.1, 0.15) is 86.0 Å². The third-order valence-electron chi connectivity index (χ3n) is 8.04. The molecule has 0 heterocycles. The zero-order valence-electron chi connectivity index (χ0n) is 17.1. The minimum Gasteiger partial charge on any atom is -0.481 e. The van der Waals surface area contributed by atoms with Crippen molar-refractivity contribution in [2.24, 2.45) is 34.5 Å². The first-order valence-corrected chi connectivity index (χ1v) is 10.5. The van der Waals surface area contributed by atoms with Crippen molar-refractivity contribution in [3.63, 3.8) is 0 Å². The van der Waals surface area contributed by atoms with E-state index in [0.717, 1.165) is 18.3 Å². The predicted molar refractivity (Wildman–Crippen MR) is 101 cm³/mol. The number of esters is 1. The highest BCUT2D eigenvalue weighted by Crippen LogP contribution is 2.61. The summed E-state index contributed by atoms with van der Waals surface area (Å²) >= 11 is 0. The summed E-state index contributed by atoms with van der Waals surface area (Å²) in [7, 11) is 0. The first kappa shape index (κ1) is 19.7. The van der Waals surface area contributed by atoms with Gasteiger partial charge in [-0.2, -0.15) is 0 Å². The van der Waals surface area contributed by atoms with Gasteiger partial charge in [-0.3, -0.25) is 9.59 Å². The number of rotatable bonds is 7. The van der Waals surface area contributed by atoms with Crippen molar-refractivity contribution in [3.05, 3.63) is 0 Å². The predicted octanol–water partition coefficient (Wildman–Crippen LogP) is 5.05. The van der Waals surface area contributed by atoms with Gasteiger partial charge in [-0.15, -0.1) is 0 Å². The fraction of sp³-hybridized carbons (Fsp3) is 0.909. The Morgan fingerprint density at radius 1 is 1.00 bits per heavy atom. The summed E-state index contributed by atoms with van der Waals surface area (Å²) in [4.78, 5) is 24.9. The Morgan fingerprint density at radius 2 is 1.50 bits per heavy atom. The number of aliphatic carboxylic acids is 1. The smallest absolute Gasteiger partial charge is 0.312 e. The van der Waals surface area contributed by atoms with Gasteiger partial charge in [0.25, 0.3) is 0 Å². The summed E-state index contributed by atoms with van der Waals surface area (Å²) in [6.07, 6.45) is 7.89. The molecule has 4 aliphatic carbocycles. The molecule has 1 atom stereocenters. The molecule has 1 unspecified atom stereocenters. The molecule has 0 radical (unpaired) electrons. The first-order valence-electron chi connectivity index (χ1n) is 10.5. The van der Waals surface area contributed by atoms with Crippen LogP contribution in [0.5, 0.6) is 0 Å². The second-order valence-corrected chi connectivity index (χ2v) is 10.3. The lowest BCUT2D eigenvalue weighted by atomic mass is 9.49. The average molecular weight is 365 g/mol. The normalized spacial score (nSPS) is 38.0. The van der Waals surface area contributed by atoms with Crippen molar-refractivity contribution < 1.29 is 19.4 Å². The van der Waals surface area contributed by atoms with Gasteiger partial charge in [0.15, 0.2) is 0 Å². The summed E-state index contributed by atoms with van der Waals surface area (Å²) in [5, 5.41) is 9.61. The Labute approximate surface area is 158 Å². The summed E-state index contributed by atoms with van der Waals surface area (Å²) < 4.78 is 6.37. The second kappa shape index (κ2) is 6.53. The summed E-state index contributed by atoms with van der Waals surface area (Å²) in [5.41, 5.74) is -2.00. The van der Waals surface area contributed by atoms with E-state index in [0.29, 0.717) is 24.7 Å². The van der Waals surface area contributed by atoms with E-state index in [1.165, 1.54) is 32.1 Å². The average Bonchev–Trinajstić information content (AvgIpc) is 2.56. The fourth-order valence-corrected chi connectivity index (χ4v) is 6.51. The van der Waals surface area contributed by atoms with E-state index in [1.54, 1.807) is 6.92 Å². The minimum atomic E-state index is -0.897. The van der Waals surface area contributed by atoms with Gasteiger partial charge in [-0.25, -0.2) is 0 Å². The van der Waals surface area contributed by atoms with Gasteiger partial charge in [0.1, 0.15) is 5.60 Å². The van der Waals surface area contributed by atoms with Gasteiger partial charge in [0.2, 0.25) is 0 Å². The lowest BCUT2D eigenvalue weighted by Gasteiger charge is -2.60. The molecule has 4 saturated carbocycles. The number of hydrogen-bond acceptors (Lipinski definition) is 3. The van der Waals surface area contributed by atoms with Crippen molar-refractivity contribution in [1.82, 2.24) is 0 Å². The topological polar surface area (TPSA) is 63.6 Å². The molecule has 4 nitrogen and oxygen atoms in total. The molecule has 4 heteroatoms. The molecule has 4 fully saturated rings. The SMILES string of the molecule is CCC(C)(CC(C)(C)C(=O)OC1(CC)C2CC3CC(C2)CC1C3)C(=O)O. The minimum absolute atomic E-state index is 0.201. The highest BCUT2D eigenvalue weighted by Gasteiger charge is 2.59. The molecule has 0 aliphatic heterocycles. The van der Waals surface area contributed by atoms with Crippen LogP contribution in [0.3, 0.4) is 0 Å². The van der Waals surface area contributed by atoms with Gasteiger partial charge >= 0.3 is 11.9 Å². The lowest BCUT2D eigenvalue weighted by Crippen LogP contribution is -2.60. The van der Waals surface area contributed by atoms with E-state index in [-0.39, 0.29) is 11.6 Å². The van der Waals surface area contributed by atoms with E-state index in [2.05, 4.69) is 6.92 Å². The quantitative estimate of drug-likeness (QED) is 0.642. The molecule has 4 aliphatic rings. The zero-order chi connectivity index (χ0) is 19.3. The monoisotopic (exact) mass is 364 g/mol. The van der Waals surface area contributed by atoms with E-state index < -0.39 is 16.8 Å². The molecule has 0 aromatic rings.